The molecule has 0 spiro atoms. The van der Waals surface area contributed by atoms with Crippen LogP contribution in [0.1, 0.15) is 17.2 Å². The second-order valence-electron chi connectivity index (χ2n) is 4.31. The zero-order valence-corrected chi connectivity index (χ0v) is 11.3. The lowest BCUT2D eigenvalue weighted by molar-refractivity contribution is 0.831. The van der Waals surface area contributed by atoms with E-state index in [2.05, 4.69) is 12.1 Å². The van der Waals surface area contributed by atoms with Gasteiger partial charge in [0.15, 0.2) is 0 Å². The molecule has 0 heterocycles. The van der Waals surface area contributed by atoms with Crippen LogP contribution in [0.5, 0.6) is 0 Å². The number of hydrogen-bond donors (Lipinski definition) is 2. The van der Waals surface area contributed by atoms with Crippen LogP contribution in [-0.2, 0) is 0 Å². The molecular weight excluding hydrogens is 240 g/mol. The van der Waals surface area contributed by atoms with Gasteiger partial charge in [-0.2, -0.15) is 0 Å². The van der Waals surface area contributed by atoms with E-state index in [9.17, 15) is 0 Å². The Labute approximate surface area is 112 Å². The summed E-state index contributed by atoms with van der Waals surface area (Å²) in [6.45, 7) is 2.02. The van der Waals surface area contributed by atoms with Crippen LogP contribution in [-0.4, -0.2) is 5.75 Å². The summed E-state index contributed by atoms with van der Waals surface area (Å²) in [7, 11) is 0. The Bertz CT molecular complexity index is 511. The SMILES string of the molecule is Cc1cccc(SCC(N)c2ccccc2)c1N. The maximum absolute atomic E-state index is 6.17. The van der Waals surface area contributed by atoms with Gasteiger partial charge in [-0.1, -0.05) is 42.5 Å². The van der Waals surface area contributed by atoms with Crippen LogP contribution in [0.15, 0.2) is 53.4 Å². The van der Waals surface area contributed by atoms with E-state index >= 15 is 0 Å². The smallest absolute Gasteiger partial charge is 0.0481 e. The van der Waals surface area contributed by atoms with E-state index in [1.165, 1.54) is 0 Å². The maximum atomic E-state index is 6.17. The van der Waals surface area contributed by atoms with E-state index in [0.717, 1.165) is 27.5 Å². The van der Waals surface area contributed by atoms with Gasteiger partial charge in [-0.25, -0.2) is 0 Å². The molecule has 3 heteroatoms. The molecule has 0 bridgehead atoms. The first-order chi connectivity index (χ1) is 8.68. The largest absolute Gasteiger partial charge is 0.398 e. The zero-order chi connectivity index (χ0) is 13.0. The second-order valence-corrected chi connectivity index (χ2v) is 5.38. The van der Waals surface area contributed by atoms with Gasteiger partial charge in [0.05, 0.1) is 0 Å². The summed E-state index contributed by atoms with van der Waals surface area (Å²) in [6.07, 6.45) is 0. The van der Waals surface area contributed by atoms with E-state index in [1.807, 2.05) is 43.3 Å². The Morgan fingerprint density at radius 1 is 1.06 bits per heavy atom. The third kappa shape index (κ3) is 3.06. The standard InChI is InChI=1S/C15H18N2S/c1-11-6-5-9-14(15(11)17)18-10-13(16)12-7-3-2-4-8-12/h2-9,13H,10,16-17H2,1H3. The molecular formula is C15H18N2S. The minimum atomic E-state index is 0.0381. The van der Waals surface area contributed by atoms with E-state index < -0.39 is 0 Å². The van der Waals surface area contributed by atoms with Crippen molar-refractivity contribution in [2.75, 3.05) is 11.5 Å². The fourth-order valence-electron chi connectivity index (χ4n) is 1.76. The van der Waals surface area contributed by atoms with Gasteiger partial charge >= 0.3 is 0 Å². The molecule has 0 aromatic heterocycles. The number of benzene rings is 2. The molecule has 0 fully saturated rings. The molecule has 2 rings (SSSR count). The lowest BCUT2D eigenvalue weighted by Crippen LogP contribution is -2.12. The highest BCUT2D eigenvalue weighted by molar-refractivity contribution is 7.99. The Kier molecular flexibility index (Phi) is 4.28. The number of rotatable bonds is 4. The minimum Gasteiger partial charge on any atom is -0.398 e. The topological polar surface area (TPSA) is 52.0 Å². The van der Waals surface area contributed by atoms with Gasteiger partial charge in [0.1, 0.15) is 0 Å². The molecule has 2 aromatic rings. The van der Waals surface area contributed by atoms with Crippen molar-refractivity contribution < 1.29 is 0 Å². The van der Waals surface area contributed by atoms with Crippen molar-refractivity contribution in [2.45, 2.75) is 17.9 Å². The van der Waals surface area contributed by atoms with E-state index in [4.69, 9.17) is 11.5 Å². The fraction of sp³-hybridized carbons (Fsp3) is 0.200. The van der Waals surface area contributed by atoms with E-state index in [-0.39, 0.29) is 6.04 Å². The molecule has 1 unspecified atom stereocenters. The van der Waals surface area contributed by atoms with Gasteiger partial charge < -0.3 is 11.5 Å². The third-order valence-corrected chi connectivity index (χ3v) is 4.12. The highest BCUT2D eigenvalue weighted by Crippen LogP contribution is 2.29. The van der Waals surface area contributed by atoms with Crippen molar-refractivity contribution in [2.24, 2.45) is 5.73 Å². The van der Waals surface area contributed by atoms with Crippen LogP contribution in [0.4, 0.5) is 5.69 Å². The number of thioether (sulfide) groups is 1. The van der Waals surface area contributed by atoms with Crippen LogP contribution in [0.2, 0.25) is 0 Å². The molecule has 0 aliphatic heterocycles. The molecule has 18 heavy (non-hydrogen) atoms. The number of aryl methyl sites for hydroxylation is 1. The fourth-order valence-corrected chi connectivity index (χ4v) is 2.80. The van der Waals surface area contributed by atoms with Crippen molar-refractivity contribution >= 4 is 17.4 Å². The van der Waals surface area contributed by atoms with Crippen molar-refractivity contribution in [3.05, 3.63) is 59.7 Å². The van der Waals surface area contributed by atoms with E-state index in [1.54, 1.807) is 11.8 Å². The second kappa shape index (κ2) is 5.94. The lowest BCUT2D eigenvalue weighted by atomic mass is 10.1. The summed E-state index contributed by atoms with van der Waals surface area (Å²) < 4.78 is 0. The van der Waals surface area contributed by atoms with Crippen LogP contribution in [0.25, 0.3) is 0 Å². The molecule has 0 amide bonds. The number of anilines is 1. The van der Waals surface area contributed by atoms with Crippen molar-refractivity contribution in [1.82, 2.24) is 0 Å². The molecule has 2 nitrogen and oxygen atoms in total. The number of para-hydroxylation sites is 1. The van der Waals surface area contributed by atoms with Gasteiger partial charge in [-0.15, -0.1) is 11.8 Å². The summed E-state index contributed by atoms with van der Waals surface area (Å²) in [5, 5.41) is 0. The molecule has 0 saturated heterocycles. The Morgan fingerprint density at radius 2 is 1.78 bits per heavy atom. The Balaban J connectivity index is 2.02. The summed E-state index contributed by atoms with van der Waals surface area (Å²) in [4.78, 5) is 1.11. The van der Waals surface area contributed by atoms with Crippen LogP contribution < -0.4 is 11.5 Å². The first-order valence-corrected chi connectivity index (χ1v) is 6.95. The number of nitrogen functional groups attached to an aromatic ring is 1. The van der Waals surface area contributed by atoms with Crippen molar-refractivity contribution in [3.63, 3.8) is 0 Å². The van der Waals surface area contributed by atoms with Crippen LogP contribution >= 0.6 is 11.8 Å². The minimum absolute atomic E-state index is 0.0381. The first kappa shape index (κ1) is 13.0. The Morgan fingerprint density at radius 3 is 2.50 bits per heavy atom. The summed E-state index contributed by atoms with van der Waals surface area (Å²) in [6, 6.07) is 16.3. The monoisotopic (exact) mass is 258 g/mol. The highest BCUT2D eigenvalue weighted by Gasteiger charge is 2.08. The molecule has 0 radical (unpaired) electrons. The van der Waals surface area contributed by atoms with Crippen LogP contribution in [0.3, 0.4) is 0 Å². The molecule has 0 aliphatic rings. The average molecular weight is 258 g/mol. The predicted octanol–water partition coefficient (Wildman–Crippen LogP) is 3.37. The normalized spacial score (nSPS) is 12.3. The molecule has 2 aromatic carbocycles. The molecule has 1 atom stereocenters. The molecule has 0 saturated carbocycles. The molecule has 94 valence electrons. The maximum Gasteiger partial charge on any atom is 0.0481 e. The number of nitrogens with two attached hydrogens (primary N) is 2. The Hall–Kier alpha value is -1.45. The van der Waals surface area contributed by atoms with Crippen LogP contribution in [0, 0.1) is 6.92 Å². The molecule has 0 aliphatic carbocycles. The van der Waals surface area contributed by atoms with Crippen molar-refractivity contribution in [3.8, 4) is 0 Å². The number of hydrogen-bond acceptors (Lipinski definition) is 3. The lowest BCUT2D eigenvalue weighted by Gasteiger charge is -2.13. The summed E-state index contributed by atoms with van der Waals surface area (Å²) in [5.41, 5.74) is 15.4. The van der Waals surface area contributed by atoms with Gasteiger partial charge in [-0.3, -0.25) is 0 Å². The van der Waals surface area contributed by atoms with Gasteiger partial charge in [0, 0.05) is 22.4 Å². The third-order valence-electron chi connectivity index (χ3n) is 2.93. The zero-order valence-electron chi connectivity index (χ0n) is 10.5. The summed E-state index contributed by atoms with van der Waals surface area (Å²) >= 11 is 1.71. The summed E-state index contributed by atoms with van der Waals surface area (Å²) in [5.74, 6) is 0.831. The van der Waals surface area contributed by atoms with Crippen molar-refractivity contribution in [1.29, 1.82) is 0 Å². The average Bonchev–Trinajstić information content (AvgIpc) is 2.41. The van der Waals surface area contributed by atoms with Gasteiger partial charge in [0.25, 0.3) is 0 Å². The van der Waals surface area contributed by atoms with Gasteiger partial charge in [0.2, 0.25) is 0 Å². The molecule has 4 N–H and O–H groups in total. The van der Waals surface area contributed by atoms with Gasteiger partial charge in [-0.05, 0) is 24.1 Å². The predicted molar refractivity (Wildman–Crippen MR) is 79.7 cm³/mol. The first-order valence-electron chi connectivity index (χ1n) is 5.97. The van der Waals surface area contributed by atoms with E-state index in [0.29, 0.717) is 0 Å². The highest BCUT2D eigenvalue weighted by atomic mass is 32.2. The quantitative estimate of drug-likeness (QED) is 0.653.